The first kappa shape index (κ1) is 21.8. The lowest BCUT2D eigenvalue weighted by molar-refractivity contribution is -0.129. The van der Waals surface area contributed by atoms with Gasteiger partial charge in [0.15, 0.2) is 0 Å². The van der Waals surface area contributed by atoms with E-state index in [9.17, 15) is 14.4 Å². The Hall–Kier alpha value is -2.87. The molecule has 0 unspecified atom stereocenters. The normalized spacial score (nSPS) is 12.8. The van der Waals surface area contributed by atoms with Crippen molar-refractivity contribution in [2.24, 2.45) is 0 Å². The highest BCUT2D eigenvalue weighted by Gasteiger charge is 2.30. The third-order valence-electron chi connectivity index (χ3n) is 4.83. The number of anilines is 1. The Bertz CT molecular complexity index is 936. The predicted molar refractivity (Wildman–Crippen MR) is 115 cm³/mol. The number of amides is 2. The summed E-state index contributed by atoms with van der Waals surface area (Å²) in [5.74, 6) is 0.0920. The molecular formula is C22H26N2O5S. The van der Waals surface area contributed by atoms with Crippen LogP contribution < -0.4 is 10.1 Å². The summed E-state index contributed by atoms with van der Waals surface area (Å²) in [6.45, 7) is 7.02. The summed E-state index contributed by atoms with van der Waals surface area (Å²) in [5, 5.41) is 3.37. The Morgan fingerprint density at radius 1 is 1.13 bits per heavy atom. The molecule has 1 aliphatic rings. The zero-order chi connectivity index (χ0) is 21.7. The number of carbonyl (C=O) groups excluding carboxylic acids is 3. The molecule has 0 bridgehead atoms. The van der Waals surface area contributed by atoms with Crippen LogP contribution in [0.25, 0.3) is 0 Å². The van der Waals surface area contributed by atoms with Crippen molar-refractivity contribution in [3.05, 3.63) is 45.8 Å². The van der Waals surface area contributed by atoms with Crippen molar-refractivity contribution in [3.8, 4) is 5.75 Å². The van der Waals surface area contributed by atoms with Crippen LogP contribution in [0.5, 0.6) is 5.75 Å². The number of fused-ring (bicyclic) bond motifs is 1. The van der Waals surface area contributed by atoms with E-state index in [1.54, 1.807) is 11.8 Å². The van der Waals surface area contributed by atoms with Gasteiger partial charge in [0.2, 0.25) is 11.8 Å². The van der Waals surface area contributed by atoms with Crippen LogP contribution in [0, 0.1) is 0 Å². The maximum absolute atomic E-state index is 12.7. The van der Waals surface area contributed by atoms with E-state index >= 15 is 0 Å². The summed E-state index contributed by atoms with van der Waals surface area (Å²) in [6, 6.07) is 7.36. The lowest BCUT2D eigenvalue weighted by Crippen LogP contribution is -2.34. The first-order chi connectivity index (χ1) is 14.4. The second-order valence-corrected chi connectivity index (χ2v) is 8.03. The molecule has 0 aliphatic carbocycles. The van der Waals surface area contributed by atoms with Gasteiger partial charge in [-0.2, -0.15) is 0 Å². The number of ether oxygens (including phenoxy) is 2. The van der Waals surface area contributed by atoms with Crippen LogP contribution in [-0.2, 0) is 33.7 Å². The molecule has 0 atom stereocenters. The van der Waals surface area contributed by atoms with E-state index in [1.165, 1.54) is 18.3 Å². The minimum absolute atomic E-state index is 0.00665. The van der Waals surface area contributed by atoms with Crippen molar-refractivity contribution in [1.29, 1.82) is 0 Å². The summed E-state index contributed by atoms with van der Waals surface area (Å²) in [4.78, 5) is 39.6. The molecule has 2 aromatic rings. The van der Waals surface area contributed by atoms with Crippen LogP contribution in [-0.4, -0.2) is 42.4 Å². The van der Waals surface area contributed by atoms with Crippen molar-refractivity contribution in [1.82, 2.24) is 4.90 Å². The Morgan fingerprint density at radius 2 is 1.87 bits per heavy atom. The van der Waals surface area contributed by atoms with E-state index in [1.807, 2.05) is 31.2 Å². The van der Waals surface area contributed by atoms with Gasteiger partial charge in [0.05, 0.1) is 31.7 Å². The molecular weight excluding hydrogens is 404 g/mol. The fourth-order valence-corrected chi connectivity index (χ4v) is 4.67. The predicted octanol–water partition coefficient (Wildman–Crippen LogP) is 3.41. The van der Waals surface area contributed by atoms with Crippen LogP contribution in [0.4, 0.5) is 5.00 Å². The van der Waals surface area contributed by atoms with Crippen LogP contribution in [0.15, 0.2) is 24.3 Å². The van der Waals surface area contributed by atoms with Crippen molar-refractivity contribution < 1.29 is 23.9 Å². The summed E-state index contributed by atoms with van der Waals surface area (Å²) in [7, 11) is 0. The molecule has 1 aliphatic heterocycles. The van der Waals surface area contributed by atoms with E-state index in [4.69, 9.17) is 9.47 Å². The number of nitrogens with zero attached hydrogens (tertiary/aromatic N) is 1. The lowest BCUT2D eigenvalue weighted by Gasteiger charge is -2.25. The Morgan fingerprint density at radius 3 is 2.50 bits per heavy atom. The zero-order valence-electron chi connectivity index (χ0n) is 17.4. The smallest absolute Gasteiger partial charge is 0.341 e. The molecule has 3 rings (SSSR count). The molecule has 8 heteroatoms. The third-order valence-corrected chi connectivity index (χ3v) is 5.97. The van der Waals surface area contributed by atoms with Crippen molar-refractivity contribution in [2.45, 2.75) is 40.2 Å². The monoisotopic (exact) mass is 430 g/mol. The van der Waals surface area contributed by atoms with Gasteiger partial charge in [0.25, 0.3) is 0 Å². The summed E-state index contributed by atoms with van der Waals surface area (Å²) >= 11 is 1.34. The fourth-order valence-electron chi connectivity index (χ4n) is 3.41. The average Bonchev–Trinajstić information content (AvgIpc) is 3.06. The van der Waals surface area contributed by atoms with E-state index in [0.717, 1.165) is 21.8 Å². The molecule has 1 aromatic carbocycles. The molecule has 30 heavy (non-hydrogen) atoms. The van der Waals surface area contributed by atoms with Crippen LogP contribution in [0.2, 0.25) is 0 Å². The molecule has 1 N–H and O–H groups in total. The quantitative estimate of drug-likeness (QED) is 0.681. The minimum Gasteiger partial charge on any atom is -0.494 e. The van der Waals surface area contributed by atoms with Crippen molar-refractivity contribution in [3.63, 3.8) is 0 Å². The maximum Gasteiger partial charge on any atom is 0.341 e. The van der Waals surface area contributed by atoms with Gasteiger partial charge < -0.3 is 19.7 Å². The molecule has 2 amide bonds. The number of hydrogen-bond donors (Lipinski definition) is 1. The van der Waals surface area contributed by atoms with Gasteiger partial charge in [-0.15, -0.1) is 11.3 Å². The largest absolute Gasteiger partial charge is 0.494 e. The molecule has 160 valence electrons. The van der Waals surface area contributed by atoms with E-state index in [-0.39, 0.29) is 24.8 Å². The number of esters is 1. The zero-order valence-corrected chi connectivity index (χ0v) is 18.3. The molecule has 0 spiro atoms. The van der Waals surface area contributed by atoms with Crippen LogP contribution in [0.3, 0.4) is 0 Å². The van der Waals surface area contributed by atoms with Crippen LogP contribution >= 0.6 is 11.3 Å². The Kier molecular flexibility index (Phi) is 7.10. The number of benzene rings is 1. The van der Waals surface area contributed by atoms with Gasteiger partial charge in [-0.3, -0.25) is 9.59 Å². The van der Waals surface area contributed by atoms with E-state index in [2.05, 4.69) is 5.32 Å². The summed E-state index contributed by atoms with van der Waals surface area (Å²) in [5.41, 5.74) is 2.13. The number of carbonyl (C=O) groups is 3. The topological polar surface area (TPSA) is 84.9 Å². The van der Waals surface area contributed by atoms with Crippen LogP contribution in [0.1, 0.15) is 47.1 Å². The van der Waals surface area contributed by atoms with Gasteiger partial charge in [-0.1, -0.05) is 12.1 Å². The molecule has 0 radical (unpaired) electrons. The SMILES string of the molecule is CCOC(=O)c1c(NC(=O)Cc2ccc(OCC)cc2)sc2c1CCN(C(C)=O)C2. The second-order valence-electron chi connectivity index (χ2n) is 6.92. The van der Waals surface area contributed by atoms with Gasteiger partial charge in [0, 0.05) is 18.3 Å². The molecule has 0 fully saturated rings. The number of hydrogen-bond acceptors (Lipinski definition) is 6. The Labute approximate surface area is 180 Å². The number of nitrogens with one attached hydrogen (secondary N) is 1. The summed E-state index contributed by atoms with van der Waals surface area (Å²) in [6.07, 6.45) is 0.741. The van der Waals surface area contributed by atoms with Crippen molar-refractivity contribution >= 4 is 34.1 Å². The van der Waals surface area contributed by atoms with Gasteiger partial charge in [-0.05, 0) is 43.5 Å². The molecule has 0 saturated heterocycles. The molecule has 7 nitrogen and oxygen atoms in total. The van der Waals surface area contributed by atoms with Gasteiger partial charge in [0.1, 0.15) is 10.8 Å². The molecule has 2 heterocycles. The third kappa shape index (κ3) is 4.99. The lowest BCUT2D eigenvalue weighted by atomic mass is 10.0. The number of rotatable bonds is 7. The van der Waals surface area contributed by atoms with E-state index < -0.39 is 5.97 Å². The molecule has 0 saturated carbocycles. The van der Waals surface area contributed by atoms with Crippen molar-refractivity contribution in [2.75, 3.05) is 25.1 Å². The maximum atomic E-state index is 12.7. The van der Waals surface area contributed by atoms with Gasteiger partial charge in [-0.25, -0.2) is 4.79 Å². The highest BCUT2D eigenvalue weighted by Crippen LogP contribution is 2.37. The fraction of sp³-hybridized carbons (Fsp3) is 0.409. The average molecular weight is 431 g/mol. The minimum atomic E-state index is -0.442. The second kappa shape index (κ2) is 9.75. The number of thiophene rings is 1. The highest BCUT2D eigenvalue weighted by atomic mass is 32.1. The highest BCUT2D eigenvalue weighted by molar-refractivity contribution is 7.17. The Balaban J connectivity index is 1.79. The van der Waals surface area contributed by atoms with E-state index in [0.29, 0.717) is 36.7 Å². The summed E-state index contributed by atoms with van der Waals surface area (Å²) < 4.78 is 10.6. The first-order valence-electron chi connectivity index (χ1n) is 10.0. The molecule has 1 aromatic heterocycles. The standard InChI is InChI=1S/C22H26N2O5S/c1-4-28-16-8-6-15(7-9-16)12-19(26)23-21-20(22(27)29-5-2)17-10-11-24(14(3)25)13-18(17)30-21/h6-9H,4-5,10-13H2,1-3H3,(H,23,26). The van der Waals surface area contributed by atoms with Gasteiger partial charge >= 0.3 is 5.97 Å². The first-order valence-corrected chi connectivity index (χ1v) is 10.8.